The molecule has 0 aliphatic heterocycles. The molecule has 0 saturated heterocycles. The molecule has 0 N–H and O–H groups in total. The SMILES string of the molecule is C/C(=N/OCc1cccc(F)c1)c1cc(-c2ccc(F)cc2)n(-c2cccc(C)c2)c1C. The lowest BCUT2D eigenvalue weighted by Crippen LogP contribution is -2.03. The fraction of sp³-hybridized carbons (Fsp3) is 0.148. The fourth-order valence-corrected chi connectivity index (χ4v) is 3.79. The van der Waals surface area contributed by atoms with Gasteiger partial charge in [0.05, 0.1) is 11.4 Å². The number of rotatable bonds is 6. The van der Waals surface area contributed by atoms with Gasteiger partial charge in [0.25, 0.3) is 0 Å². The summed E-state index contributed by atoms with van der Waals surface area (Å²) in [6.45, 7) is 6.13. The van der Waals surface area contributed by atoms with E-state index in [0.29, 0.717) is 11.3 Å². The molecular weight excluding hydrogens is 406 g/mol. The summed E-state index contributed by atoms with van der Waals surface area (Å²) >= 11 is 0. The zero-order valence-electron chi connectivity index (χ0n) is 18.3. The number of hydrogen-bond donors (Lipinski definition) is 0. The highest BCUT2D eigenvalue weighted by Gasteiger charge is 2.17. The van der Waals surface area contributed by atoms with Crippen molar-refractivity contribution in [1.29, 1.82) is 0 Å². The summed E-state index contributed by atoms with van der Waals surface area (Å²) < 4.78 is 29.0. The van der Waals surface area contributed by atoms with E-state index in [-0.39, 0.29) is 18.2 Å². The van der Waals surface area contributed by atoms with Crippen molar-refractivity contribution < 1.29 is 13.6 Å². The molecule has 0 fully saturated rings. The van der Waals surface area contributed by atoms with E-state index in [1.54, 1.807) is 24.3 Å². The van der Waals surface area contributed by atoms with E-state index in [2.05, 4.69) is 15.8 Å². The highest BCUT2D eigenvalue weighted by Crippen LogP contribution is 2.30. The molecule has 3 aromatic carbocycles. The molecule has 0 bridgehead atoms. The number of hydrogen-bond acceptors (Lipinski definition) is 2. The maximum absolute atomic E-state index is 13.5. The van der Waals surface area contributed by atoms with Gasteiger partial charge in [-0.05, 0) is 92.1 Å². The van der Waals surface area contributed by atoms with Gasteiger partial charge < -0.3 is 9.40 Å². The lowest BCUT2D eigenvalue weighted by Gasteiger charge is -2.13. The van der Waals surface area contributed by atoms with Crippen LogP contribution >= 0.6 is 0 Å². The van der Waals surface area contributed by atoms with Crippen molar-refractivity contribution in [3.8, 4) is 16.9 Å². The van der Waals surface area contributed by atoms with Gasteiger partial charge in [0.1, 0.15) is 18.2 Å². The Labute approximate surface area is 186 Å². The monoisotopic (exact) mass is 430 g/mol. The summed E-state index contributed by atoms with van der Waals surface area (Å²) in [7, 11) is 0. The molecule has 5 heteroatoms. The number of nitrogens with zero attached hydrogens (tertiary/aromatic N) is 2. The summed E-state index contributed by atoms with van der Waals surface area (Å²) in [6.07, 6.45) is 0. The van der Waals surface area contributed by atoms with E-state index in [1.807, 2.05) is 45.0 Å². The maximum atomic E-state index is 13.5. The van der Waals surface area contributed by atoms with Crippen molar-refractivity contribution in [2.24, 2.45) is 5.16 Å². The van der Waals surface area contributed by atoms with E-state index in [4.69, 9.17) is 4.84 Å². The molecule has 4 rings (SSSR count). The van der Waals surface area contributed by atoms with Gasteiger partial charge >= 0.3 is 0 Å². The van der Waals surface area contributed by atoms with Crippen LogP contribution < -0.4 is 0 Å². The predicted octanol–water partition coefficient (Wildman–Crippen LogP) is 6.98. The highest BCUT2D eigenvalue weighted by molar-refractivity contribution is 6.01. The van der Waals surface area contributed by atoms with Gasteiger partial charge in [-0.25, -0.2) is 8.78 Å². The molecule has 0 atom stereocenters. The third kappa shape index (κ3) is 4.62. The summed E-state index contributed by atoms with van der Waals surface area (Å²) in [4.78, 5) is 5.50. The molecule has 0 unspecified atom stereocenters. The second-order valence-electron chi connectivity index (χ2n) is 7.79. The molecule has 3 nitrogen and oxygen atoms in total. The first-order valence-electron chi connectivity index (χ1n) is 10.4. The Hall–Kier alpha value is -3.73. The molecule has 0 radical (unpaired) electrons. The number of benzene rings is 3. The lowest BCUT2D eigenvalue weighted by atomic mass is 10.1. The van der Waals surface area contributed by atoms with Gasteiger partial charge in [-0.15, -0.1) is 0 Å². The molecule has 0 amide bonds. The first-order valence-corrected chi connectivity index (χ1v) is 10.4. The van der Waals surface area contributed by atoms with Crippen molar-refractivity contribution in [2.75, 3.05) is 0 Å². The summed E-state index contributed by atoms with van der Waals surface area (Å²) in [6, 6.07) is 23.0. The highest BCUT2D eigenvalue weighted by atomic mass is 19.1. The van der Waals surface area contributed by atoms with Crippen LogP contribution in [0.15, 0.2) is 84.0 Å². The van der Waals surface area contributed by atoms with Gasteiger partial charge in [-0.1, -0.05) is 29.4 Å². The Bertz CT molecular complexity index is 1270. The van der Waals surface area contributed by atoms with Crippen LogP contribution in [0, 0.1) is 25.5 Å². The summed E-state index contributed by atoms with van der Waals surface area (Å²) in [5.74, 6) is -0.579. The molecule has 0 aliphatic rings. The van der Waals surface area contributed by atoms with Crippen molar-refractivity contribution >= 4 is 5.71 Å². The van der Waals surface area contributed by atoms with E-state index in [9.17, 15) is 8.78 Å². The molecule has 162 valence electrons. The first-order chi connectivity index (χ1) is 15.4. The van der Waals surface area contributed by atoms with E-state index < -0.39 is 0 Å². The van der Waals surface area contributed by atoms with Crippen LogP contribution in [-0.4, -0.2) is 10.3 Å². The zero-order chi connectivity index (χ0) is 22.7. The number of aryl methyl sites for hydroxylation is 1. The van der Waals surface area contributed by atoms with Crippen molar-refractivity contribution in [2.45, 2.75) is 27.4 Å². The average Bonchev–Trinajstić information content (AvgIpc) is 3.11. The van der Waals surface area contributed by atoms with Crippen LogP contribution in [0.1, 0.15) is 29.3 Å². The minimum Gasteiger partial charge on any atom is -0.391 e. The van der Waals surface area contributed by atoms with E-state index in [1.165, 1.54) is 24.3 Å². The normalized spacial score (nSPS) is 11.6. The Balaban J connectivity index is 1.72. The molecule has 1 heterocycles. The van der Waals surface area contributed by atoms with E-state index in [0.717, 1.165) is 33.8 Å². The third-order valence-electron chi connectivity index (χ3n) is 5.36. The van der Waals surface area contributed by atoms with Gasteiger partial charge in [0.2, 0.25) is 0 Å². The van der Waals surface area contributed by atoms with Crippen molar-refractivity contribution in [3.05, 3.63) is 113 Å². The molecule has 32 heavy (non-hydrogen) atoms. The molecular formula is C27H24F2N2O. The van der Waals surface area contributed by atoms with Gasteiger partial charge in [0.15, 0.2) is 0 Å². The second kappa shape index (κ2) is 9.18. The topological polar surface area (TPSA) is 26.5 Å². The van der Waals surface area contributed by atoms with Gasteiger partial charge in [-0.2, -0.15) is 0 Å². The van der Waals surface area contributed by atoms with Crippen molar-refractivity contribution in [3.63, 3.8) is 0 Å². The Kier molecular flexibility index (Phi) is 6.17. The zero-order valence-corrected chi connectivity index (χ0v) is 18.3. The third-order valence-corrected chi connectivity index (χ3v) is 5.36. The average molecular weight is 430 g/mol. The van der Waals surface area contributed by atoms with Crippen LogP contribution in [0.4, 0.5) is 8.78 Å². The number of oxime groups is 1. The lowest BCUT2D eigenvalue weighted by molar-refractivity contribution is 0.130. The standard InChI is InChI=1S/C27H24F2N2O/c1-18-6-4-9-25(14-18)31-20(3)26(16-27(31)22-10-12-23(28)13-11-22)19(2)30-32-17-21-7-5-8-24(29)15-21/h4-16H,17H2,1-3H3/b30-19-. The van der Waals surface area contributed by atoms with Crippen LogP contribution in [0.2, 0.25) is 0 Å². The van der Waals surface area contributed by atoms with Crippen LogP contribution in [0.25, 0.3) is 16.9 Å². The van der Waals surface area contributed by atoms with Gasteiger partial charge in [0, 0.05) is 16.9 Å². The Morgan fingerprint density at radius 2 is 1.62 bits per heavy atom. The predicted molar refractivity (Wildman–Crippen MR) is 124 cm³/mol. The first kappa shape index (κ1) is 21.5. The fourth-order valence-electron chi connectivity index (χ4n) is 3.79. The summed E-state index contributed by atoms with van der Waals surface area (Å²) in [5, 5.41) is 4.27. The van der Waals surface area contributed by atoms with Crippen LogP contribution in [-0.2, 0) is 11.4 Å². The summed E-state index contributed by atoms with van der Waals surface area (Å²) in [5.41, 5.74) is 7.32. The van der Waals surface area contributed by atoms with Crippen LogP contribution in [0.5, 0.6) is 0 Å². The minimum absolute atomic E-state index is 0.178. The smallest absolute Gasteiger partial charge is 0.142 e. The van der Waals surface area contributed by atoms with Crippen LogP contribution in [0.3, 0.4) is 0 Å². The molecule has 1 aromatic heterocycles. The van der Waals surface area contributed by atoms with Crippen molar-refractivity contribution in [1.82, 2.24) is 4.57 Å². The molecule has 0 saturated carbocycles. The number of aromatic nitrogens is 1. The molecule has 0 spiro atoms. The van der Waals surface area contributed by atoms with E-state index >= 15 is 0 Å². The number of halogens is 2. The Morgan fingerprint density at radius 3 is 2.34 bits per heavy atom. The molecule has 4 aromatic rings. The quantitative estimate of drug-likeness (QED) is 0.239. The minimum atomic E-state index is -0.304. The van der Waals surface area contributed by atoms with Gasteiger partial charge in [-0.3, -0.25) is 0 Å². The molecule has 0 aliphatic carbocycles. The Morgan fingerprint density at radius 1 is 0.875 bits per heavy atom. The largest absolute Gasteiger partial charge is 0.391 e. The maximum Gasteiger partial charge on any atom is 0.142 e. The second-order valence-corrected chi connectivity index (χ2v) is 7.79.